The second kappa shape index (κ2) is 8.21. The lowest BCUT2D eigenvalue weighted by atomic mass is 10.1. The standard InChI is InChI=1S/C17H17F3N4O3S/c18-17(19,20)11-7-10(3-4-12(11)24-5-1-2-6-24)9-21-23-16-22-15(27)13(28-16)8-14(25)26/h3-4,7,9,13H,1-2,5-6,8H2,(H,25,26)(H,22,23,27). The summed E-state index contributed by atoms with van der Waals surface area (Å²) in [6.45, 7) is 1.19. The molecule has 0 aliphatic carbocycles. The van der Waals surface area contributed by atoms with E-state index in [1.54, 1.807) is 4.90 Å². The molecule has 2 fully saturated rings. The number of hydrogen-bond donors (Lipinski definition) is 2. The highest BCUT2D eigenvalue weighted by Gasteiger charge is 2.35. The molecule has 3 rings (SSSR count). The topological polar surface area (TPSA) is 94.4 Å². The first-order valence-electron chi connectivity index (χ1n) is 8.50. The Labute approximate surface area is 162 Å². The number of nitrogens with one attached hydrogen (secondary N) is 1. The first-order valence-corrected chi connectivity index (χ1v) is 9.38. The van der Waals surface area contributed by atoms with E-state index < -0.39 is 28.9 Å². The van der Waals surface area contributed by atoms with E-state index >= 15 is 0 Å². The van der Waals surface area contributed by atoms with Gasteiger partial charge in [-0.2, -0.15) is 18.3 Å². The molecule has 0 radical (unpaired) electrons. The summed E-state index contributed by atoms with van der Waals surface area (Å²) >= 11 is 0.917. The first-order chi connectivity index (χ1) is 13.2. The van der Waals surface area contributed by atoms with Gasteiger partial charge in [0.2, 0.25) is 5.91 Å². The lowest BCUT2D eigenvalue weighted by Gasteiger charge is -2.22. The highest BCUT2D eigenvalue weighted by molar-refractivity contribution is 8.15. The van der Waals surface area contributed by atoms with Gasteiger partial charge in [0.25, 0.3) is 0 Å². The Morgan fingerprint density at radius 2 is 2.07 bits per heavy atom. The highest BCUT2D eigenvalue weighted by atomic mass is 32.2. The number of amides is 1. The van der Waals surface area contributed by atoms with Crippen LogP contribution in [0.2, 0.25) is 0 Å². The van der Waals surface area contributed by atoms with Crippen molar-refractivity contribution in [2.45, 2.75) is 30.7 Å². The van der Waals surface area contributed by atoms with E-state index in [4.69, 9.17) is 5.11 Å². The minimum Gasteiger partial charge on any atom is -0.481 e. The molecule has 1 aromatic rings. The van der Waals surface area contributed by atoms with Crippen molar-refractivity contribution in [2.24, 2.45) is 10.2 Å². The van der Waals surface area contributed by atoms with Crippen LogP contribution in [0.3, 0.4) is 0 Å². The van der Waals surface area contributed by atoms with Crippen LogP contribution < -0.4 is 10.2 Å². The highest BCUT2D eigenvalue weighted by Crippen LogP contribution is 2.38. The van der Waals surface area contributed by atoms with E-state index in [0.717, 1.165) is 36.9 Å². The van der Waals surface area contributed by atoms with E-state index in [-0.39, 0.29) is 22.8 Å². The molecule has 2 heterocycles. The number of carboxylic acids is 1. The summed E-state index contributed by atoms with van der Waals surface area (Å²) in [6, 6.07) is 3.97. The molecular weight excluding hydrogens is 397 g/mol. The molecule has 2 saturated heterocycles. The Morgan fingerprint density at radius 3 is 2.71 bits per heavy atom. The van der Waals surface area contributed by atoms with Gasteiger partial charge in [-0.25, -0.2) is 0 Å². The molecule has 7 nitrogen and oxygen atoms in total. The first kappa shape index (κ1) is 20.2. The van der Waals surface area contributed by atoms with Gasteiger partial charge in [0.1, 0.15) is 5.25 Å². The summed E-state index contributed by atoms with van der Waals surface area (Å²) in [5.41, 5.74) is -0.351. The third kappa shape index (κ3) is 4.83. The number of carbonyl (C=O) groups excluding carboxylic acids is 1. The normalized spacial score (nSPS) is 21.7. The van der Waals surface area contributed by atoms with Gasteiger partial charge in [0.15, 0.2) is 5.17 Å². The zero-order valence-corrected chi connectivity index (χ0v) is 15.4. The fourth-order valence-electron chi connectivity index (χ4n) is 2.99. The fourth-order valence-corrected chi connectivity index (χ4v) is 3.90. The molecule has 0 aromatic heterocycles. The molecule has 150 valence electrons. The maximum Gasteiger partial charge on any atom is 0.418 e. The summed E-state index contributed by atoms with van der Waals surface area (Å²) in [6.07, 6.45) is -1.96. The van der Waals surface area contributed by atoms with Gasteiger partial charge >= 0.3 is 12.1 Å². The Balaban J connectivity index is 1.75. The van der Waals surface area contributed by atoms with Crippen LogP contribution in [0, 0.1) is 0 Å². The van der Waals surface area contributed by atoms with Crippen LogP contribution in [0.4, 0.5) is 18.9 Å². The molecule has 2 aliphatic rings. The number of halogens is 3. The van der Waals surface area contributed by atoms with E-state index in [1.807, 2.05) is 0 Å². The van der Waals surface area contributed by atoms with Crippen LogP contribution in [0.5, 0.6) is 0 Å². The van der Waals surface area contributed by atoms with E-state index in [9.17, 15) is 22.8 Å². The fraction of sp³-hybridized carbons (Fsp3) is 0.412. The number of thioether (sulfide) groups is 1. The Bertz CT molecular complexity index is 835. The van der Waals surface area contributed by atoms with Gasteiger partial charge in [-0.05, 0) is 30.5 Å². The van der Waals surface area contributed by atoms with Crippen molar-refractivity contribution in [2.75, 3.05) is 18.0 Å². The SMILES string of the molecule is O=C(O)CC1SC(=NN=Cc2ccc(N3CCCC3)c(C(F)(F)F)c2)NC1=O. The van der Waals surface area contributed by atoms with Crippen molar-refractivity contribution in [3.8, 4) is 0 Å². The molecular formula is C17H17F3N4O3S. The summed E-state index contributed by atoms with van der Waals surface area (Å²) in [5.74, 6) is -1.61. The molecule has 0 spiro atoms. The van der Waals surface area contributed by atoms with Crippen molar-refractivity contribution >= 4 is 40.7 Å². The number of rotatable bonds is 5. The maximum atomic E-state index is 13.4. The average molecular weight is 414 g/mol. The van der Waals surface area contributed by atoms with E-state index in [2.05, 4.69) is 15.5 Å². The number of anilines is 1. The van der Waals surface area contributed by atoms with Gasteiger partial charge in [0, 0.05) is 18.8 Å². The van der Waals surface area contributed by atoms with E-state index in [0.29, 0.717) is 13.1 Å². The van der Waals surface area contributed by atoms with Gasteiger partial charge in [-0.1, -0.05) is 17.8 Å². The number of alkyl halides is 3. The Kier molecular flexibility index (Phi) is 5.92. The second-order valence-electron chi connectivity index (χ2n) is 6.31. The van der Waals surface area contributed by atoms with Crippen LogP contribution in [0.15, 0.2) is 28.4 Å². The minimum absolute atomic E-state index is 0.109. The predicted molar refractivity (Wildman–Crippen MR) is 99.7 cm³/mol. The second-order valence-corrected chi connectivity index (χ2v) is 7.50. The summed E-state index contributed by atoms with van der Waals surface area (Å²) in [4.78, 5) is 24.0. The number of aliphatic carboxylic acids is 1. The van der Waals surface area contributed by atoms with Crippen LogP contribution in [0.25, 0.3) is 0 Å². The molecule has 0 saturated carbocycles. The van der Waals surface area contributed by atoms with E-state index in [1.165, 1.54) is 12.1 Å². The summed E-state index contributed by atoms with van der Waals surface area (Å²) in [7, 11) is 0. The monoisotopic (exact) mass is 414 g/mol. The molecule has 0 bridgehead atoms. The van der Waals surface area contributed by atoms with Crippen molar-refractivity contribution in [3.05, 3.63) is 29.3 Å². The molecule has 2 aliphatic heterocycles. The molecule has 1 aromatic carbocycles. The molecule has 11 heteroatoms. The molecule has 1 unspecified atom stereocenters. The zero-order chi connectivity index (χ0) is 20.3. The third-order valence-corrected chi connectivity index (χ3v) is 5.34. The van der Waals surface area contributed by atoms with Crippen molar-refractivity contribution < 1.29 is 27.9 Å². The number of benzene rings is 1. The third-order valence-electron chi connectivity index (χ3n) is 4.26. The lowest BCUT2D eigenvalue weighted by Crippen LogP contribution is -2.26. The van der Waals surface area contributed by atoms with Crippen LogP contribution in [-0.2, 0) is 15.8 Å². The van der Waals surface area contributed by atoms with Gasteiger partial charge in [-0.15, -0.1) is 5.10 Å². The summed E-state index contributed by atoms with van der Waals surface area (Å²) < 4.78 is 40.3. The van der Waals surface area contributed by atoms with Crippen LogP contribution in [-0.4, -0.2) is 46.7 Å². The van der Waals surface area contributed by atoms with Crippen LogP contribution >= 0.6 is 11.8 Å². The Hall–Kier alpha value is -2.56. The molecule has 1 amide bonds. The van der Waals surface area contributed by atoms with Gasteiger partial charge in [0.05, 0.1) is 18.2 Å². The lowest BCUT2D eigenvalue weighted by molar-refractivity contribution is -0.138. The van der Waals surface area contributed by atoms with Crippen molar-refractivity contribution in [3.63, 3.8) is 0 Å². The predicted octanol–water partition coefficient (Wildman–Crippen LogP) is 2.70. The largest absolute Gasteiger partial charge is 0.481 e. The number of nitrogens with zero attached hydrogens (tertiary/aromatic N) is 3. The zero-order valence-electron chi connectivity index (χ0n) is 14.6. The number of carbonyl (C=O) groups is 2. The number of hydrogen-bond acceptors (Lipinski definition) is 6. The Morgan fingerprint density at radius 1 is 1.36 bits per heavy atom. The minimum atomic E-state index is -4.49. The van der Waals surface area contributed by atoms with Crippen LogP contribution in [0.1, 0.15) is 30.4 Å². The van der Waals surface area contributed by atoms with Crippen molar-refractivity contribution in [1.29, 1.82) is 0 Å². The van der Waals surface area contributed by atoms with Crippen molar-refractivity contribution in [1.82, 2.24) is 5.32 Å². The van der Waals surface area contributed by atoms with Gasteiger partial charge in [-0.3, -0.25) is 9.59 Å². The number of amidine groups is 1. The molecule has 2 N–H and O–H groups in total. The number of carboxylic acid groups (broad SMARTS) is 1. The maximum absolute atomic E-state index is 13.4. The van der Waals surface area contributed by atoms with Gasteiger partial charge < -0.3 is 15.3 Å². The molecule has 28 heavy (non-hydrogen) atoms. The smallest absolute Gasteiger partial charge is 0.418 e. The quantitative estimate of drug-likeness (QED) is 0.571. The molecule has 1 atom stereocenters. The average Bonchev–Trinajstić information content (AvgIpc) is 3.24. The summed E-state index contributed by atoms with van der Waals surface area (Å²) in [5, 5.41) is 17.9.